The highest BCUT2D eigenvalue weighted by Gasteiger charge is 2.04. The molecule has 1 atom stereocenters. The first kappa shape index (κ1) is 12.7. The van der Waals surface area contributed by atoms with Gasteiger partial charge in [0.15, 0.2) is 0 Å². The third-order valence-corrected chi connectivity index (χ3v) is 2.66. The zero-order chi connectivity index (χ0) is 9.94. The number of allylic oxidation sites excluding steroid dienone is 1. The number of rotatable bonds is 9. The molecule has 0 nitrogen and oxygen atoms in total. The molecule has 13 heavy (non-hydrogen) atoms. The van der Waals surface area contributed by atoms with E-state index in [9.17, 15) is 0 Å². The molecule has 0 rings (SSSR count). The van der Waals surface area contributed by atoms with Crippen LogP contribution in [0.1, 0.15) is 65.2 Å². The fourth-order valence-electron chi connectivity index (χ4n) is 1.88. The molecular weight excluding hydrogens is 156 g/mol. The second-order valence-electron chi connectivity index (χ2n) is 4.03. The highest BCUT2D eigenvalue weighted by Crippen LogP contribution is 2.19. The van der Waals surface area contributed by atoms with Crippen LogP contribution in [-0.4, -0.2) is 0 Å². The van der Waals surface area contributed by atoms with Crippen LogP contribution in [0, 0.1) is 5.92 Å². The average Bonchev–Trinajstić information content (AvgIpc) is 2.13. The largest absolute Gasteiger partial charge is 0.103 e. The summed E-state index contributed by atoms with van der Waals surface area (Å²) < 4.78 is 0. The van der Waals surface area contributed by atoms with Crippen molar-refractivity contribution in [2.24, 2.45) is 5.92 Å². The van der Waals surface area contributed by atoms with Crippen molar-refractivity contribution in [3.8, 4) is 0 Å². The Morgan fingerprint density at radius 2 is 1.77 bits per heavy atom. The minimum atomic E-state index is 0.916. The van der Waals surface area contributed by atoms with Gasteiger partial charge in [0.05, 0.1) is 0 Å². The molecule has 0 radical (unpaired) electrons. The summed E-state index contributed by atoms with van der Waals surface area (Å²) in [4.78, 5) is 0. The molecule has 0 heterocycles. The Hall–Kier alpha value is -0.260. The normalized spacial score (nSPS) is 12.8. The Morgan fingerprint density at radius 3 is 2.31 bits per heavy atom. The van der Waals surface area contributed by atoms with Crippen molar-refractivity contribution in [1.82, 2.24) is 0 Å². The van der Waals surface area contributed by atoms with Crippen LogP contribution in [0.3, 0.4) is 0 Å². The smallest absolute Gasteiger partial charge is 0.0325 e. The molecule has 0 amide bonds. The van der Waals surface area contributed by atoms with Crippen molar-refractivity contribution in [3.63, 3.8) is 0 Å². The Kier molecular flexibility index (Phi) is 9.63. The summed E-state index contributed by atoms with van der Waals surface area (Å²) in [6.45, 7) is 8.38. The summed E-state index contributed by atoms with van der Waals surface area (Å²) in [6, 6.07) is 0. The summed E-state index contributed by atoms with van der Waals surface area (Å²) in [5, 5.41) is 0. The quantitative estimate of drug-likeness (QED) is 0.349. The van der Waals surface area contributed by atoms with E-state index in [0.29, 0.717) is 0 Å². The van der Waals surface area contributed by atoms with Crippen LogP contribution < -0.4 is 0 Å². The molecule has 0 fully saturated rings. The molecule has 78 valence electrons. The van der Waals surface area contributed by atoms with E-state index in [1.165, 1.54) is 51.4 Å². The molecule has 0 aliphatic heterocycles. The number of hydrogen-bond acceptors (Lipinski definition) is 0. The summed E-state index contributed by atoms with van der Waals surface area (Å²) in [5.74, 6) is 0.916. The Labute approximate surface area is 84.4 Å². The van der Waals surface area contributed by atoms with E-state index in [1.54, 1.807) is 0 Å². The first-order valence-electron chi connectivity index (χ1n) is 5.96. The summed E-state index contributed by atoms with van der Waals surface area (Å²) in [7, 11) is 0. The molecule has 0 saturated heterocycles. The van der Waals surface area contributed by atoms with Gasteiger partial charge in [-0.1, -0.05) is 64.9 Å². The highest BCUT2D eigenvalue weighted by atomic mass is 14.1. The van der Waals surface area contributed by atoms with E-state index >= 15 is 0 Å². The zero-order valence-electron chi connectivity index (χ0n) is 9.52. The average molecular weight is 182 g/mol. The van der Waals surface area contributed by atoms with Gasteiger partial charge in [0.25, 0.3) is 0 Å². The van der Waals surface area contributed by atoms with Crippen molar-refractivity contribution in [3.05, 3.63) is 12.7 Å². The van der Waals surface area contributed by atoms with Crippen LogP contribution in [0.4, 0.5) is 0 Å². The molecule has 0 aromatic rings. The topological polar surface area (TPSA) is 0 Å². The Bertz CT molecular complexity index is 105. The first-order chi connectivity index (χ1) is 6.35. The lowest BCUT2D eigenvalue weighted by atomic mass is 9.93. The van der Waals surface area contributed by atoms with Crippen LogP contribution in [0.25, 0.3) is 0 Å². The van der Waals surface area contributed by atoms with Gasteiger partial charge in [-0.3, -0.25) is 0 Å². The Morgan fingerprint density at radius 1 is 1.00 bits per heavy atom. The van der Waals surface area contributed by atoms with Crippen molar-refractivity contribution in [2.45, 2.75) is 65.2 Å². The summed E-state index contributed by atoms with van der Waals surface area (Å²) in [5.41, 5.74) is 0. The van der Waals surface area contributed by atoms with Gasteiger partial charge in [-0.2, -0.15) is 0 Å². The molecule has 0 aromatic heterocycles. The predicted octanol–water partition coefficient (Wildman–Crippen LogP) is 4.95. The monoisotopic (exact) mass is 182 g/mol. The standard InChI is InChI=1S/C13H26/c1-4-7-8-9-12-13(10-5-2)11-6-3/h5,13H,2,4,6-12H2,1,3H3/t13-/m1/s1. The van der Waals surface area contributed by atoms with Gasteiger partial charge in [0.1, 0.15) is 0 Å². The van der Waals surface area contributed by atoms with Crippen LogP contribution in [0.5, 0.6) is 0 Å². The van der Waals surface area contributed by atoms with E-state index in [4.69, 9.17) is 0 Å². The van der Waals surface area contributed by atoms with Gasteiger partial charge in [-0.25, -0.2) is 0 Å². The minimum absolute atomic E-state index is 0.916. The Balaban J connectivity index is 3.38. The molecule has 0 unspecified atom stereocenters. The first-order valence-corrected chi connectivity index (χ1v) is 5.96. The maximum atomic E-state index is 3.83. The van der Waals surface area contributed by atoms with E-state index in [2.05, 4.69) is 26.5 Å². The molecule has 0 aromatic carbocycles. The second kappa shape index (κ2) is 9.83. The lowest BCUT2D eigenvalue weighted by molar-refractivity contribution is 0.425. The van der Waals surface area contributed by atoms with Gasteiger partial charge in [-0.05, 0) is 12.3 Å². The molecule has 0 aliphatic carbocycles. The van der Waals surface area contributed by atoms with Crippen molar-refractivity contribution in [1.29, 1.82) is 0 Å². The molecule has 0 aliphatic rings. The van der Waals surface area contributed by atoms with E-state index in [1.807, 2.05) is 0 Å². The summed E-state index contributed by atoms with van der Waals surface area (Å²) in [6.07, 6.45) is 13.0. The van der Waals surface area contributed by atoms with Gasteiger partial charge < -0.3 is 0 Å². The van der Waals surface area contributed by atoms with Crippen LogP contribution in [-0.2, 0) is 0 Å². The van der Waals surface area contributed by atoms with Gasteiger partial charge >= 0.3 is 0 Å². The second-order valence-corrected chi connectivity index (χ2v) is 4.03. The lowest BCUT2D eigenvalue weighted by Gasteiger charge is -2.13. The van der Waals surface area contributed by atoms with Gasteiger partial charge in [-0.15, -0.1) is 6.58 Å². The van der Waals surface area contributed by atoms with Gasteiger partial charge in [0, 0.05) is 0 Å². The summed E-state index contributed by atoms with van der Waals surface area (Å²) >= 11 is 0. The number of unbranched alkanes of at least 4 members (excludes halogenated alkanes) is 3. The van der Waals surface area contributed by atoms with E-state index < -0.39 is 0 Å². The molecule has 0 spiro atoms. The highest BCUT2D eigenvalue weighted by molar-refractivity contribution is 4.72. The fraction of sp³-hybridized carbons (Fsp3) is 0.846. The van der Waals surface area contributed by atoms with Crippen molar-refractivity contribution in [2.75, 3.05) is 0 Å². The minimum Gasteiger partial charge on any atom is -0.103 e. The molecule has 0 saturated carbocycles. The SMILES string of the molecule is C=CC[C@H](CCC)CCCCCC. The third-order valence-electron chi connectivity index (χ3n) is 2.66. The maximum absolute atomic E-state index is 3.83. The fourth-order valence-corrected chi connectivity index (χ4v) is 1.88. The molecule has 0 heteroatoms. The molecule has 0 bridgehead atoms. The van der Waals surface area contributed by atoms with E-state index in [-0.39, 0.29) is 0 Å². The van der Waals surface area contributed by atoms with Crippen molar-refractivity contribution < 1.29 is 0 Å². The third kappa shape index (κ3) is 8.08. The number of hydrogen-bond donors (Lipinski definition) is 0. The molecular formula is C13H26. The van der Waals surface area contributed by atoms with Crippen LogP contribution in [0.2, 0.25) is 0 Å². The maximum Gasteiger partial charge on any atom is -0.0325 e. The lowest BCUT2D eigenvalue weighted by Crippen LogP contribution is -1.98. The van der Waals surface area contributed by atoms with Crippen LogP contribution >= 0.6 is 0 Å². The molecule has 0 N–H and O–H groups in total. The van der Waals surface area contributed by atoms with Gasteiger partial charge in [0.2, 0.25) is 0 Å². The predicted molar refractivity (Wildman–Crippen MR) is 62.0 cm³/mol. The van der Waals surface area contributed by atoms with E-state index in [0.717, 1.165) is 5.92 Å². The zero-order valence-corrected chi connectivity index (χ0v) is 9.52. The van der Waals surface area contributed by atoms with Crippen molar-refractivity contribution >= 4 is 0 Å². The van der Waals surface area contributed by atoms with Crippen LogP contribution in [0.15, 0.2) is 12.7 Å².